The molecule has 2 aromatic carbocycles. The number of methoxy groups -OCH3 is 1. The number of nitrogens with zero attached hydrogens (tertiary/aromatic N) is 2. The first-order valence-corrected chi connectivity index (χ1v) is 13.1. The highest BCUT2D eigenvalue weighted by molar-refractivity contribution is 9.10. The lowest BCUT2D eigenvalue weighted by Gasteiger charge is -2.25. The molecule has 0 aliphatic carbocycles. The maximum Gasteiger partial charge on any atom is 0.338 e. The van der Waals surface area contributed by atoms with Crippen LogP contribution in [0.3, 0.4) is 0 Å². The molecular formula is C24H19Br2ClN2O5S. The molecule has 7 nitrogen and oxygen atoms in total. The van der Waals surface area contributed by atoms with Gasteiger partial charge in [-0.05, 0) is 81.6 Å². The van der Waals surface area contributed by atoms with Gasteiger partial charge in [-0.15, -0.1) is 0 Å². The van der Waals surface area contributed by atoms with Gasteiger partial charge in [-0.1, -0.05) is 29.0 Å². The molecule has 0 amide bonds. The molecule has 0 radical (unpaired) electrons. The van der Waals surface area contributed by atoms with Crippen LogP contribution in [-0.2, 0) is 9.53 Å². The van der Waals surface area contributed by atoms with Crippen molar-refractivity contribution < 1.29 is 19.4 Å². The number of benzene rings is 2. The minimum Gasteiger partial charge on any atom is -0.506 e. The Hall–Kier alpha value is -2.40. The minimum absolute atomic E-state index is 0.0423. The van der Waals surface area contributed by atoms with Crippen molar-refractivity contribution in [2.45, 2.75) is 19.9 Å². The third-order valence-electron chi connectivity index (χ3n) is 5.35. The van der Waals surface area contributed by atoms with E-state index in [-0.39, 0.29) is 23.5 Å². The Morgan fingerprint density at radius 2 is 2.03 bits per heavy atom. The summed E-state index contributed by atoms with van der Waals surface area (Å²) in [6, 6.07) is 7.71. The molecule has 11 heteroatoms. The fourth-order valence-electron chi connectivity index (χ4n) is 3.80. The summed E-state index contributed by atoms with van der Waals surface area (Å²) in [5, 5.41) is 10.9. The van der Waals surface area contributed by atoms with E-state index in [1.165, 1.54) is 4.57 Å². The van der Waals surface area contributed by atoms with Crippen molar-refractivity contribution in [2.24, 2.45) is 4.99 Å². The molecule has 35 heavy (non-hydrogen) atoms. The number of phenols is 1. The first kappa shape index (κ1) is 25.7. The van der Waals surface area contributed by atoms with E-state index in [9.17, 15) is 14.7 Å². The summed E-state index contributed by atoms with van der Waals surface area (Å²) in [4.78, 5) is 31.6. The van der Waals surface area contributed by atoms with E-state index in [1.54, 1.807) is 57.4 Å². The van der Waals surface area contributed by atoms with E-state index in [1.807, 2.05) is 0 Å². The number of hydrogen-bond acceptors (Lipinski definition) is 7. The van der Waals surface area contributed by atoms with Gasteiger partial charge in [-0.25, -0.2) is 9.79 Å². The second-order valence-electron chi connectivity index (χ2n) is 7.52. The molecule has 3 aromatic rings. The van der Waals surface area contributed by atoms with Gasteiger partial charge in [0.15, 0.2) is 4.80 Å². The molecule has 0 saturated carbocycles. The number of carbonyl (C=O) groups is 1. The van der Waals surface area contributed by atoms with Crippen LogP contribution in [0, 0.1) is 0 Å². The molecule has 1 aliphatic heterocycles. The van der Waals surface area contributed by atoms with Crippen molar-refractivity contribution in [3.05, 3.63) is 86.4 Å². The largest absolute Gasteiger partial charge is 0.506 e. The van der Waals surface area contributed by atoms with E-state index < -0.39 is 12.0 Å². The van der Waals surface area contributed by atoms with Gasteiger partial charge in [0.2, 0.25) is 0 Å². The number of halogens is 3. The molecule has 4 rings (SSSR count). The summed E-state index contributed by atoms with van der Waals surface area (Å²) in [5.41, 5.74) is 1.42. The topological polar surface area (TPSA) is 90.1 Å². The lowest BCUT2D eigenvalue weighted by molar-refractivity contribution is -0.139. The first-order valence-electron chi connectivity index (χ1n) is 10.4. The van der Waals surface area contributed by atoms with Gasteiger partial charge in [-0.3, -0.25) is 9.36 Å². The fraction of sp³-hybridized carbons (Fsp3) is 0.208. The van der Waals surface area contributed by atoms with Crippen LogP contribution in [0.4, 0.5) is 0 Å². The lowest BCUT2D eigenvalue weighted by Crippen LogP contribution is -2.40. The summed E-state index contributed by atoms with van der Waals surface area (Å²) in [6.45, 7) is 3.62. The molecule has 1 aromatic heterocycles. The number of fused-ring (bicyclic) bond motifs is 1. The van der Waals surface area contributed by atoms with Crippen LogP contribution in [0.25, 0.3) is 6.08 Å². The van der Waals surface area contributed by atoms with Crippen molar-refractivity contribution in [1.82, 2.24) is 4.57 Å². The predicted molar refractivity (Wildman–Crippen MR) is 142 cm³/mol. The number of aromatic nitrogens is 1. The van der Waals surface area contributed by atoms with Gasteiger partial charge in [0.1, 0.15) is 11.5 Å². The molecule has 1 N–H and O–H groups in total. The van der Waals surface area contributed by atoms with Gasteiger partial charge >= 0.3 is 5.97 Å². The summed E-state index contributed by atoms with van der Waals surface area (Å²) >= 11 is 14.1. The molecule has 1 atom stereocenters. The van der Waals surface area contributed by atoms with E-state index >= 15 is 0 Å². The fourth-order valence-corrected chi connectivity index (χ4v) is 6.23. The summed E-state index contributed by atoms with van der Waals surface area (Å²) < 4.78 is 13.5. The number of carbonyl (C=O) groups excluding carboxylic acids is 1. The van der Waals surface area contributed by atoms with Gasteiger partial charge in [0.25, 0.3) is 5.56 Å². The average Bonchev–Trinajstić information content (AvgIpc) is 3.10. The monoisotopic (exact) mass is 640 g/mol. The first-order chi connectivity index (χ1) is 16.7. The normalized spacial score (nSPS) is 15.6. The Balaban J connectivity index is 1.99. The second-order valence-corrected chi connectivity index (χ2v) is 10.7. The van der Waals surface area contributed by atoms with E-state index in [4.69, 9.17) is 21.1 Å². The summed E-state index contributed by atoms with van der Waals surface area (Å²) in [6.07, 6.45) is 1.56. The van der Waals surface area contributed by atoms with Crippen LogP contribution in [0.5, 0.6) is 11.5 Å². The van der Waals surface area contributed by atoms with Gasteiger partial charge in [0.05, 0.1) is 44.5 Å². The van der Waals surface area contributed by atoms with E-state index in [2.05, 4.69) is 36.9 Å². The van der Waals surface area contributed by atoms with Crippen molar-refractivity contribution in [1.29, 1.82) is 0 Å². The Bertz CT molecular complexity index is 1560. The zero-order valence-corrected chi connectivity index (χ0v) is 23.5. The number of thiazole rings is 1. The number of hydrogen-bond donors (Lipinski definition) is 1. The highest BCUT2D eigenvalue weighted by Crippen LogP contribution is 2.35. The predicted octanol–water partition coefficient (Wildman–Crippen LogP) is 4.69. The van der Waals surface area contributed by atoms with Crippen LogP contribution in [-0.4, -0.2) is 29.4 Å². The van der Waals surface area contributed by atoms with Gasteiger partial charge in [0, 0.05) is 10.6 Å². The van der Waals surface area contributed by atoms with Crippen LogP contribution < -0.4 is 19.6 Å². The quantitative estimate of drug-likeness (QED) is 0.408. The van der Waals surface area contributed by atoms with Gasteiger partial charge in [-0.2, -0.15) is 0 Å². The molecular weight excluding hydrogens is 624 g/mol. The highest BCUT2D eigenvalue weighted by Gasteiger charge is 2.33. The summed E-state index contributed by atoms with van der Waals surface area (Å²) in [5.74, 6) is 0.0252. The van der Waals surface area contributed by atoms with E-state index in [0.717, 1.165) is 11.3 Å². The SMILES string of the molecule is CCOC(=O)C1=C(C)N=c2s/c(=C/c3cc(Cl)cc(Br)c3O)c(=O)n2[C@H]1c1ccc(OC)c(Br)c1. The number of rotatable bonds is 5. The summed E-state index contributed by atoms with van der Waals surface area (Å²) in [7, 11) is 1.56. The number of esters is 1. The standard InChI is InChI=1S/C24H19Br2ClN2O5S/c1-4-34-23(32)19-11(2)28-24-29(20(19)12-5-6-17(33-3)15(25)8-12)22(31)18(35-24)9-13-7-14(27)10-16(26)21(13)30/h5-10,20,30H,4H2,1-3H3/b18-9+/t20-/m0/s1. The van der Waals surface area contributed by atoms with Gasteiger partial charge < -0.3 is 14.6 Å². The molecule has 0 fully saturated rings. The van der Waals surface area contributed by atoms with Crippen molar-refractivity contribution in [3.8, 4) is 11.5 Å². The minimum atomic E-state index is -0.769. The molecule has 0 spiro atoms. The number of ether oxygens (including phenoxy) is 2. The second kappa shape index (κ2) is 10.3. The Kier molecular flexibility index (Phi) is 7.56. The highest BCUT2D eigenvalue weighted by atomic mass is 79.9. The van der Waals surface area contributed by atoms with Crippen LogP contribution in [0.1, 0.15) is 31.0 Å². The molecule has 0 unspecified atom stereocenters. The van der Waals surface area contributed by atoms with E-state index in [0.29, 0.717) is 45.9 Å². The maximum absolute atomic E-state index is 13.7. The lowest BCUT2D eigenvalue weighted by atomic mass is 9.96. The number of allylic oxidation sites excluding steroid dienone is 1. The number of aromatic hydroxyl groups is 1. The Morgan fingerprint density at radius 1 is 1.29 bits per heavy atom. The Morgan fingerprint density at radius 3 is 2.69 bits per heavy atom. The molecule has 2 heterocycles. The third-order valence-corrected chi connectivity index (χ3v) is 7.78. The maximum atomic E-state index is 13.7. The van der Waals surface area contributed by atoms with Crippen molar-refractivity contribution in [2.75, 3.05) is 13.7 Å². The smallest absolute Gasteiger partial charge is 0.338 e. The van der Waals surface area contributed by atoms with Crippen molar-refractivity contribution in [3.63, 3.8) is 0 Å². The van der Waals surface area contributed by atoms with Crippen LogP contribution in [0.2, 0.25) is 5.02 Å². The van der Waals surface area contributed by atoms with Crippen molar-refractivity contribution >= 4 is 66.8 Å². The Labute approximate surface area is 226 Å². The van der Waals surface area contributed by atoms with Crippen LogP contribution in [0.15, 0.2) is 60.3 Å². The zero-order valence-electron chi connectivity index (χ0n) is 18.8. The molecule has 182 valence electrons. The van der Waals surface area contributed by atoms with Crippen LogP contribution >= 0.6 is 54.8 Å². The molecule has 0 bridgehead atoms. The molecule has 0 saturated heterocycles. The average molecular weight is 643 g/mol. The number of phenolic OH excluding ortho intramolecular Hbond substituents is 1. The zero-order chi connectivity index (χ0) is 25.4. The third kappa shape index (κ3) is 4.84. The molecule has 1 aliphatic rings.